The van der Waals surface area contributed by atoms with E-state index in [2.05, 4.69) is 5.32 Å². The van der Waals surface area contributed by atoms with E-state index in [1.807, 2.05) is 18.9 Å². The first-order valence-corrected chi connectivity index (χ1v) is 6.33. The van der Waals surface area contributed by atoms with Crippen molar-refractivity contribution >= 4 is 34.8 Å². The minimum Gasteiger partial charge on any atom is -0.327 e. The molecule has 100 valence electrons. The number of hydrogen-bond donors (Lipinski definition) is 2. The zero-order valence-corrected chi connectivity index (χ0v) is 11.9. The molecule has 0 bridgehead atoms. The largest absolute Gasteiger partial charge is 0.327 e. The lowest BCUT2D eigenvalue weighted by Crippen LogP contribution is -2.37. The van der Waals surface area contributed by atoms with Gasteiger partial charge in [-0.2, -0.15) is 0 Å². The summed E-state index contributed by atoms with van der Waals surface area (Å²) in [5, 5.41) is 3.54. The average molecular weight is 290 g/mol. The van der Waals surface area contributed by atoms with Gasteiger partial charge in [0.25, 0.3) is 0 Å². The van der Waals surface area contributed by atoms with Crippen molar-refractivity contribution in [1.82, 2.24) is 4.90 Å². The van der Waals surface area contributed by atoms with E-state index in [9.17, 15) is 4.79 Å². The molecule has 0 saturated heterocycles. The van der Waals surface area contributed by atoms with Crippen LogP contribution < -0.4 is 11.1 Å². The number of para-hydroxylation sites is 1. The van der Waals surface area contributed by atoms with Crippen molar-refractivity contribution in [3.8, 4) is 0 Å². The molecule has 1 aromatic carbocycles. The number of nitrogens with one attached hydrogen (secondary N) is 1. The van der Waals surface area contributed by atoms with Crippen LogP contribution >= 0.6 is 23.2 Å². The Labute approximate surface area is 117 Å². The summed E-state index contributed by atoms with van der Waals surface area (Å²) < 4.78 is 0. The van der Waals surface area contributed by atoms with Crippen LogP contribution in [0.3, 0.4) is 0 Å². The van der Waals surface area contributed by atoms with E-state index in [1.54, 1.807) is 18.2 Å². The van der Waals surface area contributed by atoms with Crippen LogP contribution in [0, 0.1) is 0 Å². The third-order valence-corrected chi connectivity index (χ3v) is 2.87. The standard InChI is InChI=1S/C12H17Cl2N3O/c1-8(15)6-17(2)7-11(18)16-12-9(13)4-3-5-10(12)14/h3-5,8H,6-7,15H2,1-2H3,(H,16,18). The van der Waals surface area contributed by atoms with Crippen molar-refractivity contribution in [2.24, 2.45) is 5.73 Å². The Morgan fingerprint density at radius 1 is 1.44 bits per heavy atom. The van der Waals surface area contributed by atoms with Gasteiger partial charge in [0.15, 0.2) is 0 Å². The Bertz CT molecular complexity index is 404. The Morgan fingerprint density at radius 2 is 2.00 bits per heavy atom. The maximum atomic E-state index is 11.8. The van der Waals surface area contributed by atoms with E-state index in [0.29, 0.717) is 22.3 Å². The Hall–Kier alpha value is -0.810. The monoisotopic (exact) mass is 289 g/mol. The van der Waals surface area contributed by atoms with Crippen molar-refractivity contribution in [2.75, 3.05) is 25.5 Å². The number of carbonyl (C=O) groups excluding carboxylic acids is 1. The second kappa shape index (κ2) is 6.95. The number of halogens is 2. The van der Waals surface area contributed by atoms with Crippen LogP contribution in [-0.2, 0) is 4.79 Å². The second-order valence-electron chi connectivity index (χ2n) is 4.32. The summed E-state index contributed by atoms with van der Waals surface area (Å²) in [6.45, 7) is 2.77. The van der Waals surface area contributed by atoms with E-state index >= 15 is 0 Å². The smallest absolute Gasteiger partial charge is 0.238 e. The van der Waals surface area contributed by atoms with E-state index in [1.165, 1.54) is 0 Å². The number of carbonyl (C=O) groups is 1. The van der Waals surface area contributed by atoms with Crippen LogP contribution in [0.1, 0.15) is 6.92 Å². The zero-order valence-electron chi connectivity index (χ0n) is 10.4. The van der Waals surface area contributed by atoms with Gasteiger partial charge in [0.2, 0.25) is 5.91 Å². The molecule has 4 nitrogen and oxygen atoms in total. The predicted octanol–water partition coefficient (Wildman–Crippen LogP) is 2.21. The lowest BCUT2D eigenvalue weighted by atomic mass is 10.3. The van der Waals surface area contributed by atoms with Crippen molar-refractivity contribution in [1.29, 1.82) is 0 Å². The SMILES string of the molecule is CC(N)CN(C)CC(=O)Nc1c(Cl)cccc1Cl. The molecule has 18 heavy (non-hydrogen) atoms. The molecule has 0 heterocycles. The molecule has 0 fully saturated rings. The van der Waals surface area contributed by atoms with Gasteiger partial charge in [0.05, 0.1) is 22.3 Å². The van der Waals surface area contributed by atoms with Gasteiger partial charge in [-0.1, -0.05) is 29.3 Å². The molecule has 0 aliphatic carbocycles. The molecule has 1 atom stereocenters. The molecule has 0 spiro atoms. The van der Waals surface area contributed by atoms with Crippen molar-refractivity contribution in [3.63, 3.8) is 0 Å². The number of rotatable bonds is 5. The highest BCUT2D eigenvalue weighted by Gasteiger charge is 2.12. The van der Waals surface area contributed by atoms with Gasteiger partial charge in [-0.25, -0.2) is 0 Å². The van der Waals surface area contributed by atoms with E-state index in [-0.39, 0.29) is 18.5 Å². The Balaban J connectivity index is 2.60. The number of benzene rings is 1. The molecule has 0 aromatic heterocycles. The highest BCUT2D eigenvalue weighted by Crippen LogP contribution is 2.29. The van der Waals surface area contributed by atoms with Crippen LogP contribution in [0.2, 0.25) is 10.0 Å². The van der Waals surface area contributed by atoms with Crippen LogP contribution in [0.4, 0.5) is 5.69 Å². The quantitative estimate of drug-likeness (QED) is 0.874. The molecule has 0 radical (unpaired) electrons. The summed E-state index contributed by atoms with van der Waals surface area (Å²) in [4.78, 5) is 13.6. The van der Waals surface area contributed by atoms with Crippen molar-refractivity contribution in [3.05, 3.63) is 28.2 Å². The third kappa shape index (κ3) is 4.82. The van der Waals surface area contributed by atoms with Crippen LogP contribution in [0.25, 0.3) is 0 Å². The summed E-state index contributed by atoms with van der Waals surface area (Å²) in [5.41, 5.74) is 6.10. The Morgan fingerprint density at radius 3 is 2.50 bits per heavy atom. The molecule has 1 aromatic rings. The van der Waals surface area contributed by atoms with E-state index < -0.39 is 0 Å². The van der Waals surface area contributed by atoms with E-state index in [4.69, 9.17) is 28.9 Å². The second-order valence-corrected chi connectivity index (χ2v) is 5.13. The molecule has 1 rings (SSSR count). The lowest BCUT2D eigenvalue weighted by molar-refractivity contribution is -0.117. The van der Waals surface area contributed by atoms with Crippen LogP contribution in [-0.4, -0.2) is 37.0 Å². The normalized spacial score (nSPS) is 12.6. The van der Waals surface area contributed by atoms with Crippen molar-refractivity contribution in [2.45, 2.75) is 13.0 Å². The topological polar surface area (TPSA) is 58.4 Å². The summed E-state index contributed by atoms with van der Waals surface area (Å²) in [7, 11) is 1.83. The predicted molar refractivity (Wildman–Crippen MR) is 76.2 cm³/mol. The number of amides is 1. The first-order valence-electron chi connectivity index (χ1n) is 5.58. The lowest BCUT2D eigenvalue weighted by Gasteiger charge is -2.18. The van der Waals surface area contributed by atoms with Gasteiger partial charge in [-0.15, -0.1) is 0 Å². The molecule has 1 unspecified atom stereocenters. The molecule has 6 heteroatoms. The average Bonchev–Trinajstić information content (AvgIpc) is 2.22. The molecular formula is C12H17Cl2N3O. The van der Waals surface area contributed by atoms with Gasteiger partial charge in [0, 0.05) is 12.6 Å². The molecule has 1 amide bonds. The number of nitrogens with zero attached hydrogens (tertiary/aromatic N) is 1. The molecule has 0 saturated carbocycles. The van der Waals surface area contributed by atoms with Gasteiger partial charge < -0.3 is 11.1 Å². The Kier molecular flexibility index (Phi) is 5.88. The first-order chi connectivity index (χ1) is 8.40. The third-order valence-electron chi connectivity index (χ3n) is 2.24. The van der Waals surface area contributed by atoms with E-state index in [0.717, 1.165) is 0 Å². The fourth-order valence-electron chi connectivity index (χ4n) is 1.60. The summed E-state index contributed by atoms with van der Waals surface area (Å²) >= 11 is 11.9. The summed E-state index contributed by atoms with van der Waals surface area (Å²) in [5.74, 6) is -0.173. The molecule has 0 aliphatic rings. The van der Waals surface area contributed by atoms with Crippen LogP contribution in [0.15, 0.2) is 18.2 Å². The van der Waals surface area contributed by atoms with Gasteiger partial charge in [-0.3, -0.25) is 9.69 Å². The number of likely N-dealkylation sites (N-methyl/N-ethyl adjacent to an activating group) is 1. The maximum Gasteiger partial charge on any atom is 0.238 e. The minimum absolute atomic E-state index is 0.0201. The first kappa shape index (κ1) is 15.2. The minimum atomic E-state index is -0.173. The van der Waals surface area contributed by atoms with Crippen molar-refractivity contribution < 1.29 is 4.79 Å². The number of hydrogen-bond acceptors (Lipinski definition) is 3. The summed E-state index contributed by atoms with van der Waals surface area (Å²) in [6.07, 6.45) is 0. The molecule has 0 aliphatic heterocycles. The molecular weight excluding hydrogens is 273 g/mol. The number of nitrogens with two attached hydrogens (primary N) is 1. The van der Waals surface area contributed by atoms with Gasteiger partial charge >= 0.3 is 0 Å². The number of anilines is 1. The fourth-order valence-corrected chi connectivity index (χ4v) is 2.09. The fraction of sp³-hybridized carbons (Fsp3) is 0.417. The van der Waals surface area contributed by atoms with Gasteiger partial charge in [0.1, 0.15) is 0 Å². The highest BCUT2D eigenvalue weighted by atomic mass is 35.5. The summed E-state index contributed by atoms with van der Waals surface area (Å²) in [6, 6.07) is 5.10. The van der Waals surface area contributed by atoms with Gasteiger partial charge in [-0.05, 0) is 26.1 Å². The van der Waals surface area contributed by atoms with Crippen LogP contribution in [0.5, 0.6) is 0 Å². The zero-order chi connectivity index (χ0) is 13.7. The highest BCUT2D eigenvalue weighted by molar-refractivity contribution is 6.39. The maximum absolute atomic E-state index is 11.8. The molecule has 3 N–H and O–H groups in total.